The fraction of sp³-hybridized carbons (Fsp3) is 0.364. The molecule has 1 aromatic carbocycles. The lowest BCUT2D eigenvalue weighted by Crippen LogP contribution is -2.18. The van der Waals surface area contributed by atoms with Crippen LogP contribution in [0, 0.1) is 0 Å². The Morgan fingerprint density at radius 2 is 1.94 bits per heavy atom. The summed E-state index contributed by atoms with van der Waals surface area (Å²) in [6.07, 6.45) is -4.51. The van der Waals surface area contributed by atoms with E-state index in [1.165, 1.54) is 12.1 Å². The fourth-order valence-electron chi connectivity index (χ4n) is 1.79. The van der Waals surface area contributed by atoms with Crippen LogP contribution in [0.3, 0.4) is 0 Å². The van der Waals surface area contributed by atoms with Gasteiger partial charge in [-0.1, -0.05) is 6.07 Å². The smallest absolute Gasteiger partial charge is 0.408 e. The average Bonchev–Trinajstić information content (AvgIpc) is 2.51. The van der Waals surface area contributed by atoms with Crippen LogP contribution in [0.1, 0.15) is 25.5 Å². The zero-order valence-corrected chi connectivity index (χ0v) is 9.21. The third-order valence-electron chi connectivity index (χ3n) is 2.46. The molecule has 1 aromatic heterocycles. The van der Waals surface area contributed by atoms with Crippen LogP contribution in [0.15, 0.2) is 27.4 Å². The summed E-state index contributed by atoms with van der Waals surface area (Å²) in [5.74, 6) is -0.772. The number of rotatable bonds is 1. The van der Waals surface area contributed by atoms with Gasteiger partial charge in [-0.3, -0.25) is 4.57 Å². The van der Waals surface area contributed by atoms with Gasteiger partial charge in [0, 0.05) is 6.04 Å². The van der Waals surface area contributed by atoms with Crippen LogP contribution in [0.4, 0.5) is 13.2 Å². The van der Waals surface area contributed by atoms with Crippen molar-refractivity contribution < 1.29 is 17.6 Å². The van der Waals surface area contributed by atoms with E-state index >= 15 is 0 Å². The molecule has 0 N–H and O–H groups in total. The highest BCUT2D eigenvalue weighted by Gasteiger charge is 2.35. The maximum atomic E-state index is 12.8. The highest BCUT2D eigenvalue weighted by molar-refractivity contribution is 5.77. The highest BCUT2D eigenvalue weighted by Crippen LogP contribution is 2.35. The minimum absolute atomic E-state index is 0.0430. The van der Waals surface area contributed by atoms with E-state index in [-0.39, 0.29) is 11.1 Å². The molecule has 2 aromatic rings. The first-order valence-electron chi connectivity index (χ1n) is 5.03. The summed E-state index contributed by atoms with van der Waals surface area (Å²) < 4.78 is 44.3. The fourth-order valence-corrected chi connectivity index (χ4v) is 1.79. The van der Waals surface area contributed by atoms with Gasteiger partial charge >= 0.3 is 11.9 Å². The molecule has 3 nitrogen and oxygen atoms in total. The van der Waals surface area contributed by atoms with Crippen LogP contribution in [-0.4, -0.2) is 4.57 Å². The molecular weight excluding hydrogens is 235 g/mol. The Morgan fingerprint density at radius 1 is 1.29 bits per heavy atom. The van der Waals surface area contributed by atoms with Crippen molar-refractivity contribution in [2.75, 3.05) is 0 Å². The summed E-state index contributed by atoms with van der Waals surface area (Å²) in [7, 11) is 0. The van der Waals surface area contributed by atoms with Crippen molar-refractivity contribution in [3.63, 3.8) is 0 Å². The monoisotopic (exact) mass is 245 g/mol. The number of oxazole rings is 1. The summed E-state index contributed by atoms with van der Waals surface area (Å²) in [6, 6.07) is 3.12. The van der Waals surface area contributed by atoms with Gasteiger partial charge in [0.25, 0.3) is 0 Å². The molecule has 0 saturated carbocycles. The van der Waals surface area contributed by atoms with E-state index in [4.69, 9.17) is 4.42 Å². The summed E-state index contributed by atoms with van der Waals surface area (Å²) in [4.78, 5) is 11.5. The van der Waals surface area contributed by atoms with Gasteiger partial charge in [-0.15, -0.1) is 0 Å². The molecule has 92 valence electrons. The van der Waals surface area contributed by atoms with E-state index in [0.717, 1.165) is 10.6 Å². The molecule has 1 heterocycles. The van der Waals surface area contributed by atoms with E-state index < -0.39 is 23.5 Å². The van der Waals surface area contributed by atoms with Crippen LogP contribution < -0.4 is 5.76 Å². The molecule has 2 rings (SSSR count). The molecule has 0 fully saturated rings. The molecule has 0 aliphatic carbocycles. The predicted molar refractivity (Wildman–Crippen MR) is 55.9 cm³/mol. The van der Waals surface area contributed by atoms with Gasteiger partial charge in [-0.2, -0.15) is 13.2 Å². The normalized spacial score (nSPS) is 12.6. The SMILES string of the molecule is CC(C)n1c(=O)oc2cccc(C(F)(F)F)c21. The lowest BCUT2D eigenvalue weighted by atomic mass is 10.1. The maximum Gasteiger partial charge on any atom is 0.420 e. The zero-order chi connectivity index (χ0) is 12.8. The number of nitrogens with zero attached hydrogens (tertiary/aromatic N) is 1. The number of fused-ring (bicyclic) bond motifs is 1. The Morgan fingerprint density at radius 3 is 2.47 bits per heavy atom. The Balaban J connectivity index is 2.92. The summed E-state index contributed by atoms with van der Waals surface area (Å²) in [6.45, 7) is 3.26. The standard InChI is InChI=1S/C11H10F3NO2/c1-6(2)15-9-7(11(12,13)14)4-3-5-8(9)17-10(15)16/h3-6H,1-2H3. The van der Waals surface area contributed by atoms with Crippen LogP contribution in [0.25, 0.3) is 11.1 Å². The Labute approximate surface area is 94.5 Å². The quantitative estimate of drug-likeness (QED) is 0.773. The molecule has 0 spiro atoms. The zero-order valence-electron chi connectivity index (χ0n) is 9.21. The van der Waals surface area contributed by atoms with Gasteiger partial charge < -0.3 is 4.42 Å². The largest absolute Gasteiger partial charge is 0.420 e. The van der Waals surface area contributed by atoms with Crippen molar-refractivity contribution in [2.45, 2.75) is 26.1 Å². The number of hydrogen-bond donors (Lipinski definition) is 0. The molecule has 17 heavy (non-hydrogen) atoms. The Kier molecular flexibility index (Phi) is 2.52. The van der Waals surface area contributed by atoms with E-state index in [1.807, 2.05) is 0 Å². The van der Waals surface area contributed by atoms with E-state index in [9.17, 15) is 18.0 Å². The molecule has 0 saturated heterocycles. The summed E-state index contributed by atoms with van der Waals surface area (Å²) in [5, 5.41) is 0. The van der Waals surface area contributed by atoms with Crippen molar-refractivity contribution in [3.05, 3.63) is 34.3 Å². The second kappa shape index (κ2) is 3.65. The minimum Gasteiger partial charge on any atom is -0.408 e. The molecule has 0 bridgehead atoms. The van der Waals surface area contributed by atoms with Gasteiger partial charge in [0.15, 0.2) is 5.58 Å². The van der Waals surface area contributed by atoms with Gasteiger partial charge in [0.2, 0.25) is 0 Å². The number of benzene rings is 1. The first kappa shape index (κ1) is 11.8. The van der Waals surface area contributed by atoms with Gasteiger partial charge in [0.05, 0.1) is 5.56 Å². The highest BCUT2D eigenvalue weighted by atomic mass is 19.4. The van der Waals surface area contributed by atoms with E-state index in [2.05, 4.69) is 0 Å². The average molecular weight is 245 g/mol. The van der Waals surface area contributed by atoms with Crippen molar-refractivity contribution in [2.24, 2.45) is 0 Å². The van der Waals surface area contributed by atoms with E-state index in [0.29, 0.717) is 0 Å². The topological polar surface area (TPSA) is 35.1 Å². The molecular formula is C11H10F3NO2. The van der Waals surface area contributed by atoms with Crippen molar-refractivity contribution in [1.82, 2.24) is 4.57 Å². The Hall–Kier alpha value is -1.72. The third kappa shape index (κ3) is 1.83. The number of para-hydroxylation sites is 1. The Bertz CT molecular complexity index is 607. The molecule has 0 unspecified atom stereocenters. The molecule has 0 aliphatic heterocycles. The second-order valence-corrected chi connectivity index (χ2v) is 3.98. The predicted octanol–water partition coefficient (Wildman–Crippen LogP) is 3.19. The number of aromatic nitrogens is 1. The number of halogens is 3. The van der Waals surface area contributed by atoms with Gasteiger partial charge in [-0.05, 0) is 26.0 Å². The molecule has 0 amide bonds. The molecule has 0 atom stereocenters. The van der Waals surface area contributed by atoms with Crippen molar-refractivity contribution in [1.29, 1.82) is 0 Å². The first-order chi connectivity index (χ1) is 7.82. The summed E-state index contributed by atoms with van der Waals surface area (Å²) in [5.41, 5.74) is -1.09. The molecule has 0 aliphatic rings. The van der Waals surface area contributed by atoms with E-state index in [1.54, 1.807) is 13.8 Å². The van der Waals surface area contributed by atoms with Crippen molar-refractivity contribution in [3.8, 4) is 0 Å². The number of alkyl halides is 3. The lowest BCUT2D eigenvalue weighted by molar-refractivity contribution is -0.136. The minimum atomic E-state index is -4.51. The van der Waals surface area contributed by atoms with Crippen LogP contribution in [0.5, 0.6) is 0 Å². The summed E-state index contributed by atoms with van der Waals surface area (Å²) >= 11 is 0. The maximum absolute atomic E-state index is 12.8. The van der Waals surface area contributed by atoms with Crippen LogP contribution in [0.2, 0.25) is 0 Å². The van der Waals surface area contributed by atoms with Gasteiger partial charge in [-0.25, -0.2) is 4.79 Å². The van der Waals surface area contributed by atoms with Gasteiger partial charge in [0.1, 0.15) is 5.52 Å². The van der Waals surface area contributed by atoms with Crippen molar-refractivity contribution >= 4 is 11.1 Å². The van der Waals surface area contributed by atoms with Crippen LogP contribution >= 0.6 is 0 Å². The second-order valence-electron chi connectivity index (χ2n) is 3.98. The number of hydrogen-bond acceptors (Lipinski definition) is 2. The third-order valence-corrected chi connectivity index (χ3v) is 2.46. The van der Waals surface area contributed by atoms with Crippen LogP contribution in [-0.2, 0) is 6.18 Å². The molecule has 0 radical (unpaired) electrons. The lowest BCUT2D eigenvalue weighted by Gasteiger charge is -2.11. The molecule has 6 heteroatoms. The first-order valence-corrected chi connectivity index (χ1v) is 5.03.